The molecular weight excluding hydrogens is 639 g/mol. The molecule has 0 aromatic heterocycles. The van der Waals surface area contributed by atoms with E-state index in [1.165, 1.54) is 72.8 Å². The van der Waals surface area contributed by atoms with E-state index in [1.54, 1.807) is 0 Å². The Hall–Kier alpha value is -5.28. The molecule has 5 aromatic carbocycles. The molecule has 262 valence electrons. The van der Waals surface area contributed by atoms with Crippen molar-refractivity contribution in [3.05, 3.63) is 174 Å². The lowest BCUT2D eigenvalue weighted by Crippen LogP contribution is -2.64. The lowest BCUT2D eigenvalue weighted by atomic mass is 9.27. The van der Waals surface area contributed by atoms with Gasteiger partial charge in [-0.25, -0.2) is 0 Å². The highest BCUT2D eigenvalue weighted by molar-refractivity contribution is 6.92. The topological polar surface area (TPSA) is 6.48 Å². The van der Waals surface area contributed by atoms with Gasteiger partial charge in [0, 0.05) is 34.3 Å². The van der Waals surface area contributed by atoms with Crippen molar-refractivity contribution in [2.45, 2.75) is 71.7 Å². The Balaban J connectivity index is 1.35. The number of rotatable bonds is 4. The maximum Gasteiger partial charge on any atom is 0.227 e. The molecule has 2 aliphatic heterocycles. The molecule has 2 aliphatic carbocycles. The molecule has 2 atom stereocenters. The summed E-state index contributed by atoms with van der Waals surface area (Å²) in [5.74, 6) is 0.186. The predicted molar refractivity (Wildman–Crippen MR) is 228 cm³/mol. The fourth-order valence-electron chi connectivity index (χ4n) is 9.42. The van der Waals surface area contributed by atoms with E-state index in [1.807, 2.05) is 0 Å². The first kappa shape index (κ1) is 33.6. The second-order valence-corrected chi connectivity index (χ2v) is 17.3. The van der Waals surface area contributed by atoms with E-state index >= 15 is 0 Å². The summed E-state index contributed by atoms with van der Waals surface area (Å²) < 4.78 is 0. The minimum atomic E-state index is 0.0816. The first-order valence-corrected chi connectivity index (χ1v) is 19.4. The molecular formula is C50H49BN2. The molecule has 9 rings (SSSR count). The minimum Gasteiger partial charge on any atom is -0.339 e. The third-order valence-corrected chi connectivity index (χ3v) is 12.1. The van der Waals surface area contributed by atoms with Crippen molar-refractivity contribution in [2.24, 2.45) is 5.41 Å². The minimum absolute atomic E-state index is 0.0816. The fourth-order valence-corrected chi connectivity index (χ4v) is 9.42. The quantitative estimate of drug-likeness (QED) is 0.173. The lowest BCUT2D eigenvalue weighted by Gasteiger charge is -2.54. The second kappa shape index (κ2) is 12.7. The number of allylic oxidation sites excluding steroid dienone is 6. The van der Waals surface area contributed by atoms with E-state index in [-0.39, 0.29) is 29.4 Å². The van der Waals surface area contributed by atoms with Gasteiger partial charge in [0.25, 0.3) is 0 Å². The Morgan fingerprint density at radius 3 is 1.74 bits per heavy atom. The third-order valence-electron chi connectivity index (χ3n) is 12.1. The first-order chi connectivity index (χ1) is 25.6. The van der Waals surface area contributed by atoms with Crippen LogP contribution in [0.4, 0.5) is 17.1 Å². The number of hydrogen-bond acceptors (Lipinski definition) is 2. The summed E-state index contributed by atoms with van der Waals surface area (Å²) >= 11 is 0. The van der Waals surface area contributed by atoms with Crippen molar-refractivity contribution in [2.75, 3.05) is 9.80 Å². The van der Waals surface area contributed by atoms with Crippen LogP contribution in [0.2, 0.25) is 5.82 Å². The zero-order chi connectivity index (χ0) is 36.5. The molecule has 0 N–H and O–H groups in total. The van der Waals surface area contributed by atoms with Crippen LogP contribution in [0.25, 0.3) is 22.3 Å². The number of anilines is 3. The maximum atomic E-state index is 2.72. The Labute approximate surface area is 317 Å². The molecule has 0 bridgehead atoms. The van der Waals surface area contributed by atoms with E-state index in [4.69, 9.17) is 0 Å². The summed E-state index contributed by atoms with van der Waals surface area (Å²) in [5, 5.41) is 0. The molecule has 0 radical (unpaired) electrons. The molecule has 4 aliphatic rings. The van der Waals surface area contributed by atoms with Crippen LogP contribution in [-0.2, 0) is 5.41 Å². The number of benzene rings is 5. The normalized spacial score (nSPS) is 19.1. The van der Waals surface area contributed by atoms with Crippen molar-refractivity contribution in [1.82, 2.24) is 0 Å². The standard InChI is InChI=1S/C50H49BN2/c1-49(2,3)36-26-30-38(31-27-36)52-42-22-13-20-40(34-16-9-7-10-17-34)46(42)51-47-41(35-18-11-8-12-19-35)21-14-23-43(47)53(45-25-15-24-44(52)48(45)51)39-32-28-37(29-33-39)50(4,5)6/h7-28,30-32,45,48H,29,33H2,1-6H3. The number of fused-ring (bicyclic) bond motifs is 4. The van der Waals surface area contributed by atoms with Crippen molar-refractivity contribution in [3.8, 4) is 22.3 Å². The number of nitrogens with zero attached hydrogens (tertiary/aromatic N) is 2. The summed E-state index contributed by atoms with van der Waals surface area (Å²) in [6, 6.07) is 45.7. The summed E-state index contributed by atoms with van der Waals surface area (Å²) in [4.78, 5) is 5.31. The van der Waals surface area contributed by atoms with Crippen LogP contribution in [0.1, 0.15) is 59.9 Å². The zero-order valence-corrected chi connectivity index (χ0v) is 32.0. The van der Waals surface area contributed by atoms with Crippen LogP contribution in [0.3, 0.4) is 0 Å². The van der Waals surface area contributed by atoms with Crippen LogP contribution in [0.15, 0.2) is 169 Å². The highest BCUT2D eigenvalue weighted by atomic mass is 15.2. The van der Waals surface area contributed by atoms with Gasteiger partial charge in [-0.05, 0) is 98.8 Å². The van der Waals surface area contributed by atoms with E-state index in [9.17, 15) is 0 Å². The van der Waals surface area contributed by atoms with E-state index < -0.39 is 0 Å². The van der Waals surface area contributed by atoms with Crippen LogP contribution < -0.4 is 20.7 Å². The van der Waals surface area contributed by atoms with Crippen molar-refractivity contribution >= 4 is 34.7 Å². The van der Waals surface area contributed by atoms with Crippen molar-refractivity contribution < 1.29 is 0 Å². The molecule has 53 heavy (non-hydrogen) atoms. The maximum absolute atomic E-state index is 2.72. The van der Waals surface area contributed by atoms with Gasteiger partial charge in [-0.3, -0.25) is 0 Å². The van der Waals surface area contributed by atoms with Gasteiger partial charge < -0.3 is 9.80 Å². The van der Waals surface area contributed by atoms with Gasteiger partial charge in [0.1, 0.15) is 0 Å². The monoisotopic (exact) mass is 688 g/mol. The second-order valence-electron chi connectivity index (χ2n) is 17.3. The van der Waals surface area contributed by atoms with Gasteiger partial charge >= 0.3 is 0 Å². The van der Waals surface area contributed by atoms with Crippen molar-refractivity contribution in [1.29, 1.82) is 0 Å². The van der Waals surface area contributed by atoms with Crippen LogP contribution >= 0.6 is 0 Å². The van der Waals surface area contributed by atoms with Gasteiger partial charge in [0.05, 0.1) is 6.04 Å². The molecule has 3 heteroatoms. The Morgan fingerprint density at radius 1 is 0.566 bits per heavy atom. The molecule has 5 aromatic rings. The van der Waals surface area contributed by atoms with Gasteiger partial charge in [-0.15, -0.1) is 0 Å². The first-order valence-electron chi connectivity index (χ1n) is 19.4. The van der Waals surface area contributed by atoms with Gasteiger partial charge in [-0.1, -0.05) is 162 Å². The molecule has 2 nitrogen and oxygen atoms in total. The number of hydrogen-bond donors (Lipinski definition) is 0. The molecule has 0 fully saturated rings. The molecule has 0 saturated carbocycles. The molecule has 0 amide bonds. The Morgan fingerprint density at radius 2 is 1.17 bits per heavy atom. The van der Waals surface area contributed by atoms with Crippen LogP contribution in [-0.4, -0.2) is 12.8 Å². The molecule has 2 heterocycles. The summed E-state index contributed by atoms with van der Waals surface area (Å²) in [6.07, 6.45) is 14.2. The van der Waals surface area contributed by atoms with E-state index in [2.05, 4.69) is 203 Å². The smallest absolute Gasteiger partial charge is 0.227 e. The predicted octanol–water partition coefficient (Wildman–Crippen LogP) is 11.7. The summed E-state index contributed by atoms with van der Waals surface area (Å²) in [5.41, 5.74) is 17.7. The van der Waals surface area contributed by atoms with Crippen LogP contribution in [0.5, 0.6) is 0 Å². The SMILES string of the molecule is CC(C)(C)C1=CC=C(N2c3cccc(-c4ccccc4)c3B3c4c(-c5ccccc5)cccc4N(c4ccc(C(C)(C)C)cc4)C4=CC=CC2C34)CC1. The van der Waals surface area contributed by atoms with E-state index in [0.29, 0.717) is 0 Å². The van der Waals surface area contributed by atoms with Crippen molar-refractivity contribution in [3.63, 3.8) is 0 Å². The van der Waals surface area contributed by atoms with E-state index in [0.717, 1.165) is 12.8 Å². The van der Waals surface area contributed by atoms with Gasteiger partial charge in [0.2, 0.25) is 6.71 Å². The zero-order valence-electron chi connectivity index (χ0n) is 32.0. The summed E-state index contributed by atoms with van der Waals surface area (Å²) in [7, 11) is 0. The average Bonchev–Trinajstić information content (AvgIpc) is 3.17. The third kappa shape index (κ3) is 5.64. The lowest BCUT2D eigenvalue weighted by molar-refractivity contribution is 0.477. The average molecular weight is 689 g/mol. The highest BCUT2D eigenvalue weighted by Gasteiger charge is 2.53. The Bertz CT molecular complexity index is 2310. The van der Waals surface area contributed by atoms with Gasteiger partial charge in [-0.2, -0.15) is 0 Å². The summed E-state index contributed by atoms with van der Waals surface area (Å²) in [6.45, 7) is 14.1. The van der Waals surface area contributed by atoms with Gasteiger partial charge in [0.15, 0.2) is 0 Å². The highest BCUT2D eigenvalue weighted by Crippen LogP contribution is 2.52. The fraction of sp³-hybridized carbons (Fsp3) is 0.240. The Kier molecular flexibility index (Phi) is 8.04. The molecule has 0 spiro atoms. The largest absolute Gasteiger partial charge is 0.339 e. The molecule has 2 unspecified atom stereocenters. The molecule has 0 saturated heterocycles. The van der Waals surface area contributed by atoms with Crippen LogP contribution in [0, 0.1) is 5.41 Å².